The molecule has 0 radical (unpaired) electrons. The molecule has 0 aliphatic carbocycles. The summed E-state index contributed by atoms with van der Waals surface area (Å²) in [5, 5.41) is 0.872. The zero-order valence-electron chi connectivity index (χ0n) is 11.4. The van der Waals surface area contributed by atoms with E-state index >= 15 is 0 Å². The second-order valence-electron chi connectivity index (χ2n) is 4.70. The van der Waals surface area contributed by atoms with Gasteiger partial charge in [-0.1, -0.05) is 36.6 Å². The lowest BCUT2D eigenvalue weighted by Crippen LogP contribution is -1.98. The van der Waals surface area contributed by atoms with Gasteiger partial charge in [-0.05, 0) is 81.9 Å². The van der Waals surface area contributed by atoms with Crippen molar-refractivity contribution in [2.75, 3.05) is 0 Å². The zero-order valence-corrected chi connectivity index (χ0v) is 16.7. The maximum absolute atomic E-state index is 10.9. The van der Waals surface area contributed by atoms with Gasteiger partial charge in [0.2, 0.25) is 0 Å². The molecule has 0 aliphatic rings. The molecule has 0 saturated carbocycles. The maximum Gasteiger partial charge on any atom is 0.294 e. The summed E-state index contributed by atoms with van der Waals surface area (Å²) in [5.41, 5.74) is 1.08. The van der Waals surface area contributed by atoms with Gasteiger partial charge in [0, 0.05) is 5.03 Å². The molecule has 0 saturated heterocycles. The lowest BCUT2D eigenvalue weighted by molar-refractivity contribution is 0.483. The Morgan fingerprint density at radius 1 is 1.14 bits per heavy atom. The number of aryl methyl sites for hydroxylation is 1. The summed E-state index contributed by atoms with van der Waals surface area (Å²) in [5.74, 6) is 0. The van der Waals surface area contributed by atoms with Gasteiger partial charge >= 0.3 is 0 Å². The van der Waals surface area contributed by atoms with Crippen molar-refractivity contribution in [3.63, 3.8) is 0 Å². The van der Waals surface area contributed by atoms with Crippen molar-refractivity contribution in [2.24, 2.45) is 0 Å². The fraction of sp³-hybridized carbons (Fsp3) is 0.429. The van der Waals surface area contributed by atoms with Gasteiger partial charge in [-0.3, -0.25) is 4.55 Å². The highest BCUT2D eigenvalue weighted by Crippen LogP contribution is 2.26. The van der Waals surface area contributed by atoms with Gasteiger partial charge in [0.15, 0.2) is 0 Å². The number of benzene rings is 1. The predicted octanol–water partition coefficient (Wildman–Crippen LogP) is 5.66. The molecule has 0 spiro atoms. The fourth-order valence-electron chi connectivity index (χ4n) is 1.89. The summed E-state index contributed by atoms with van der Waals surface area (Å²) in [6.07, 6.45) is 6.16. The van der Waals surface area contributed by atoms with Crippen molar-refractivity contribution in [1.82, 2.24) is 0 Å². The normalized spacial score (nSPS) is 13.1. The van der Waals surface area contributed by atoms with Crippen LogP contribution in [0, 0.1) is 0 Å². The van der Waals surface area contributed by atoms with Crippen LogP contribution in [0.2, 0.25) is 0 Å². The van der Waals surface area contributed by atoms with Crippen molar-refractivity contribution in [3.8, 4) is 0 Å². The van der Waals surface area contributed by atoms with E-state index in [0.29, 0.717) is 0 Å². The Labute approximate surface area is 153 Å². The highest BCUT2D eigenvalue weighted by molar-refractivity contribution is 14.1. The maximum atomic E-state index is 10.9. The third kappa shape index (κ3) is 7.97. The van der Waals surface area contributed by atoms with E-state index in [1.54, 1.807) is 12.1 Å². The number of rotatable bonds is 8. The van der Waals surface area contributed by atoms with Crippen LogP contribution in [0.5, 0.6) is 0 Å². The smallest absolute Gasteiger partial charge is 0.282 e. The molecule has 118 valence electrons. The number of halogens is 3. The third-order valence-electron chi connectivity index (χ3n) is 3.04. The minimum Gasteiger partial charge on any atom is -0.282 e. The quantitative estimate of drug-likeness (QED) is 0.281. The van der Waals surface area contributed by atoms with Crippen LogP contribution in [0.3, 0.4) is 0 Å². The largest absolute Gasteiger partial charge is 0.294 e. The predicted molar refractivity (Wildman–Crippen MR) is 98.9 cm³/mol. The average Bonchev–Trinajstić information content (AvgIpc) is 2.41. The number of hydrogen-bond donors (Lipinski definition) is 1. The molecule has 3 nitrogen and oxygen atoms in total. The number of allylic oxidation sites excluding steroid dienone is 1. The molecule has 0 heterocycles. The van der Waals surface area contributed by atoms with Crippen LogP contribution in [0.4, 0.5) is 0 Å². The molecule has 0 amide bonds. The first-order valence-corrected chi connectivity index (χ1v) is 10.3. The van der Waals surface area contributed by atoms with E-state index in [0.717, 1.165) is 51.6 Å². The van der Waals surface area contributed by atoms with Crippen molar-refractivity contribution in [1.29, 1.82) is 0 Å². The van der Waals surface area contributed by atoms with E-state index in [4.69, 9.17) is 16.2 Å². The molecule has 7 heteroatoms. The van der Waals surface area contributed by atoms with Crippen LogP contribution in [0.25, 0.3) is 0 Å². The third-order valence-corrected chi connectivity index (χ3v) is 5.96. The molecular formula is C14H17BrClIO3S. The van der Waals surface area contributed by atoms with Gasteiger partial charge in [0.25, 0.3) is 10.1 Å². The van der Waals surface area contributed by atoms with Crippen molar-refractivity contribution >= 4 is 60.2 Å². The van der Waals surface area contributed by atoms with Crippen LogP contribution in [-0.2, 0) is 16.5 Å². The molecule has 21 heavy (non-hydrogen) atoms. The van der Waals surface area contributed by atoms with Crippen LogP contribution < -0.4 is 0 Å². The van der Waals surface area contributed by atoms with Gasteiger partial charge < -0.3 is 0 Å². The minimum absolute atomic E-state index is 0.0583. The second kappa shape index (κ2) is 9.50. The Kier molecular flexibility index (Phi) is 8.78. The summed E-state index contributed by atoms with van der Waals surface area (Å²) in [6, 6.07) is 6.37. The Bertz CT molecular complexity index is 581. The van der Waals surface area contributed by atoms with E-state index in [2.05, 4.69) is 38.5 Å². The van der Waals surface area contributed by atoms with Crippen LogP contribution in [-0.4, -0.2) is 13.0 Å². The summed E-state index contributed by atoms with van der Waals surface area (Å²) < 4.78 is 31.7. The molecule has 0 unspecified atom stereocenters. The van der Waals surface area contributed by atoms with Crippen molar-refractivity contribution < 1.29 is 13.0 Å². The topological polar surface area (TPSA) is 54.4 Å². The van der Waals surface area contributed by atoms with Gasteiger partial charge in [-0.25, -0.2) is 0 Å². The molecule has 0 aliphatic heterocycles. The standard InChI is InChI=1S/C14H17BrClIO3S/c15-14(17)13(16)6-4-2-1-3-5-11-7-9-12(10-8-11)21(18,19)20/h7-10H,1-6H2,(H,18,19,20). The van der Waals surface area contributed by atoms with Crippen LogP contribution in [0.15, 0.2) is 36.7 Å². The first-order chi connectivity index (χ1) is 9.80. The lowest BCUT2D eigenvalue weighted by Gasteiger charge is -2.04. The lowest BCUT2D eigenvalue weighted by atomic mass is 10.1. The van der Waals surface area contributed by atoms with E-state index in [1.165, 1.54) is 12.1 Å². The molecule has 1 rings (SSSR count). The van der Waals surface area contributed by atoms with Crippen molar-refractivity contribution in [3.05, 3.63) is 37.4 Å². The highest BCUT2D eigenvalue weighted by atomic mass is 127. The van der Waals surface area contributed by atoms with Gasteiger partial charge in [0.1, 0.15) is 0 Å². The fourth-order valence-corrected chi connectivity index (χ4v) is 2.97. The Morgan fingerprint density at radius 2 is 1.71 bits per heavy atom. The van der Waals surface area contributed by atoms with Crippen molar-refractivity contribution in [2.45, 2.75) is 43.4 Å². The van der Waals surface area contributed by atoms with E-state index in [-0.39, 0.29) is 4.90 Å². The Morgan fingerprint density at radius 3 is 2.24 bits per heavy atom. The number of unbranched alkanes of at least 4 members (excludes halogenated alkanes) is 3. The van der Waals surface area contributed by atoms with Gasteiger partial charge in [-0.15, -0.1) is 0 Å². The molecule has 1 aromatic carbocycles. The van der Waals surface area contributed by atoms with E-state index in [1.807, 2.05) is 0 Å². The number of hydrogen-bond acceptors (Lipinski definition) is 2. The highest BCUT2D eigenvalue weighted by Gasteiger charge is 2.08. The molecule has 1 N–H and O–H groups in total. The van der Waals surface area contributed by atoms with Crippen LogP contribution in [0.1, 0.15) is 37.7 Å². The average molecular weight is 508 g/mol. The molecule has 0 fully saturated rings. The van der Waals surface area contributed by atoms with E-state index in [9.17, 15) is 8.42 Å². The summed E-state index contributed by atoms with van der Waals surface area (Å²) in [4.78, 5) is -0.0583. The first-order valence-electron chi connectivity index (χ1n) is 6.57. The van der Waals surface area contributed by atoms with E-state index < -0.39 is 10.1 Å². The summed E-state index contributed by atoms with van der Waals surface area (Å²) in [7, 11) is -4.09. The second-order valence-corrected chi connectivity index (χ2v) is 9.93. The Hall–Kier alpha value is 0.370. The van der Waals surface area contributed by atoms with Gasteiger partial charge in [0.05, 0.1) is 7.38 Å². The first kappa shape index (κ1) is 19.4. The molecular weight excluding hydrogens is 490 g/mol. The SMILES string of the molecule is O=S(=O)(O)c1ccc(CCCCCCC(Cl)=C(Br)I)cc1. The summed E-state index contributed by atoms with van der Waals surface area (Å²) >= 11 is 11.5. The van der Waals surface area contributed by atoms with Crippen LogP contribution >= 0.6 is 50.1 Å². The molecule has 0 bridgehead atoms. The zero-order chi connectivity index (χ0) is 15.9. The monoisotopic (exact) mass is 506 g/mol. The Balaban J connectivity index is 2.26. The summed E-state index contributed by atoms with van der Waals surface area (Å²) in [6.45, 7) is 0. The molecule has 0 atom stereocenters. The molecule has 0 aromatic heterocycles. The molecule has 1 aromatic rings. The van der Waals surface area contributed by atoms with Gasteiger partial charge in [-0.2, -0.15) is 8.42 Å². The minimum atomic E-state index is -4.09.